The highest BCUT2D eigenvalue weighted by Gasteiger charge is 2.12. The fourth-order valence-corrected chi connectivity index (χ4v) is 2.59. The van der Waals surface area contributed by atoms with E-state index in [1.807, 2.05) is 49.4 Å². The summed E-state index contributed by atoms with van der Waals surface area (Å²) in [6.07, 6.45) is 0. The Bertz CT molecular complexity index is 844. The third-order valence-electron chi connectivity index (χ3n) is 4.10. The lowest BCUT2D eigenvalue weighted by molar-refractivity contribution is -0.122. The molecule has 1 aromatic heterocycles. The van der Waals surface area contributed by atoms with Gasteiger partial charge in [0.1, 0.15) is 6.54 Å². The molecule has 0 aliphatic heterocycles. The number of rotatable bonds is 6. The van der Waals surface area contributed by atoms with Crippen LogP contribution in [0.5, 0.6) is 0 Å². The zero-order valence-corrected chi connectivity index (χ0v) is 14.4. The summed E-state index contributed by atoms with van der Waals surface area (Å²) >= 11 is 0. The topological polar surface area (TPSA) is 72.7 Å². The molecule has 0 saturated heterocycles. The molecule has 1 atom stereocenters. The molecular weight excluding hydrogens is 314 g/mol. The van der Waals surface area contributed by atoms with E-state index < -0.39 is 0 Å². The van der Waals surface area contributed by atoms with Gasteiger partial charge in [0.05, 0.1) is 0 Å². The lowest BCUT2D eigenvalue weighted by Gasteiger charge is -2.12. The lowest BCUT2D eigenvalue weighted by atomic mass is 10.0. The summed E-state index contributed by atoms with van der Waals surface area (Å²) in [6.45, 7) is 4.70. The molecule has 0 spiro atoms. The average molecular weight is 335 g/mol. The van der Waals surface area contributed by atoms with Crippen molar-refractivity contribution in [3.63, 3.8) is 0 Å². The smallest absolute Gasteiger partial charge is 0.243 e. The molecule has 0 aliphatic carbocycles. The highest BCUT2D eigenvalue weighted by Crippen LogP contribution is 2.17. The Morgan fingerprint density at radius 1 is 1.12 bits per heavy atom. The number of benzene rings is 2. The largest absolute Gasteiger partial charge is 0.354 e. The second kappa shape index (κ2) is 7.70. The molecule has 0 radical (unpaired) electrons. The molecule has 0 bridgehead atoms. The number of tetrazole rings is 1. The van der Waals surface area contributed by atoms with Gasteiger partial charge in [-0.15, -0.1) is 10.2 Å². The molecule has 0 aliphatic rings. The van der Waals surface area contributed by atoms with Crippen LogP contribution in [0.25, 0.3) is 11.4 Å². The minimum Gasteiger partial charge on any atom is -0.354 e. The van der Waals surface area contributed by atoms with Crippen LogP contribution in [0.15, 0.2) is 54.6 Å². The molecule has 6 nitrogen and oxygen atoms in total. The van der Waals surface area contributed by atoms with E-state index in [9.17, 15) is 4.79 Å². The number of aromatic nitrogens is 4. The van der Waals surface area contributed by atoms with E-state index in [1.165, 1.54) is 10.4 Å². The van der Waals surface area contributed by atoms with Crippen molar-refractivity contribution in [2.24, 2.45) is 0 Å². The first-order chi connectivity index (χ1) is 12.1. The van der Waals surface area contributed by atoms with E-state index in [1.54, 1.807) is 0 Å². The van der Waals surface area contributed by atoms with Crippen molar-refractivity contribution in [2.75, 3.05) is 6.54 Å². The third-order valence-corrected chi connectivity index (χ3v) is 4.10. The molecule has 25 heavy (non-hydrogen) atoms. The van der Waals surface area contributed by atoms with Gasteiger partial charge in [0, 0.05) is 12.1 Å². The average Bonchev–Trinajstić information content (AvgIpc) is 3.09. The van der Waals surface area contributed by atoms with Gasteiger partial charge < -0.3 is 5.32 Å². The number of aryl methyl sites for hydroxylation is 1. The molecule has 6 heteroatoms. The van der Waals surface area contributed by atoms with Gasteiger partial charge in [-0.25, -0.2) is 0 Å². The quantitative estimate of drug-likeness (QED) is 0.751. The van der Waals surface area contributed by atoms with E-state index in [2.05, 4.69) is 39.8 Å². The van der Waals surface area contributed by atoms with E-state index >= 15 is 0 Å². The van der Waals surface area contributed by atoms with E-state index in [0.717, 1.165) is 11.1 Å². The first-order valence-corrected chi connectivity index (χ1v) is 8.29. The minimum atomic E-state index is -0.128. The van der Waals surface area contributed by atoms with Crippen LogP contribution in [-0.2, 0) is 11.3 Å². The second-order valence-electron chi connectivity index (χ2n) is 6.07. The SMILES string of the molecule is Cc1ccccc1-c1nnn(CC(=O)NCC(C)c2ccccc2)n1. The zero-order valence-electron chi connectivity index (χ0n) is 14.4. The third kappa shape index (κ3) is 4.29. The molecule has 1 heterocycles. The van der Waals surface area contributed by atoms with Gasteiger partial charge in [0.2, 0.25) is 11.7 Å². The first kappa shape index (κ1) is 16.8. The highest BCUT2D eigenvalue weighted by molar-refractivity contribution is 5.75. The minimum absolute atomic E-state index is 0.0559. The number of hydrogen-bond acceptors (Lipinski definition) is 4. The lowest BCUT2D eigenvalue weighted by Crippen LogP contribution is -2.31. The monoisotopic (exact) mass is 335 g/mol. The highest BCUT2D eigenvalue weighted by atomic mass is 16.2. The number of nitrogens with zero attached hydrogens (tertiary/aromatic N) is 4. The van der Waals surface area contributed by atoms with Crippen LogP contribution in [0.3, 0.4) is 0 Å². The van der Waals surface area contributed by atoms with Gasteiger partial charge in [0.15, 0.2) is 0 Å². The van der Waals surface area contributed by atoms with Crippen LogP contribution in [0.4, 0.5) is 0 Å². The summed E-state index contributed by atoms with van der Waals surface area (Å²) in [4.78, 5) is 13.4. The molecule has 1 N–H and O–H groups in total. The fraction of sp³-hybridized carbons (Fsp3) is 0.263. The molecule has 1 amide bonds. The number of hydrogen-bond donors (Lipinski definition) is 1. The Hall–Kier alpha value is -3.02. The summed E-state index contributed by atoms with van der Waals surface area (Å²) in [7, 11) is 0. The van der Waals surface area contributed by atoms with Gasteiger partial charge in [-0.2, -0.15) is 4.80 Å². The van der Waals surface area contributed by atoms with Crippen molar-refractivity contribution < 1.29 is 4.79 Å². The maximum absolute atomic E-state index is 12.1. The summed E-state index contributed by atoms with van der Waals surface area (Å²) in [5.74, 6) is 0.649. The van der Waals surface area contributed by atoms with E-state index in [0.29, 0.717) is 12.4 Å². The van der Waals surface area contributed by atoms with Gasteiger partial charge in [-0.05, 0) is 29.2 Å². The second-order valence-corrected chi connectivity index (χ2v) is 6.07. The molecular formula is C19H21N5O. The van der Waals surface area contributed by atoms with Gasteiger partial charge in [-0.1, -0.05) is 61.5 Å². The van der Waals surface area contributed by atoms with Crippen LogP contribution in [0.2, 0.25) is 0 Å². The Morgan fingerprint density at radius 2 is 1.84 bits per heavy atom. The summed E-state index contributed by atoms with van der Waals surface area (Å²) < 4.78 is 0. The van der Waals surface area contributed by atoms with Crippen molar-refractivity contribution in [3.8, 4) is 11.4 Å². The molecule has 128 valence electrons. The van der Waals surface area contributed by atoms with Crippen molar-refractivity contribution in [3.05, 3.63) is 65.7 Å². The summed E-state index contributed by atoms with van der Waals surface area (Å²) in [6, 6.07) is 17.9. The predicted octanol–water partition coefficient (Wildman–Crippen LogP) is 2.57. The Balaban J connectivity index is 1.56. The Morgan fingerprint density at radius 3 is 2.60 bits per heavy atom. The normalized spacial score (nSPS) is 11.9. The molecule has 0 saturated carbocycles. The number of carbonyl (C=O) groups is 1. The fourth-order valence-electron chi connectivity index (χ4n) is 2.59. The zero-order chi connectivity index (χ0) is 17.6. The van der Waals surface area contributed by atoms with Crippen LogP contribution in [0.1, 0.15) is 24.0 Å². The molecule has 1 unspecified atom stereocenters. The maximum atomic E-state index is 12.1. The number of carbonyl (C=O) groups excluding carboxylic acids is 1. The summed E-state index contributed by atoms with van der Waals surface area (Å²) in [5.41, 5.74) is 3.19. The van der Waals surface area contributed by atoms with E-state index in [-0.39, 0.29) is 18.4 Å². The maximum Gasteiger partial charge on any atom is 0.243 e. The van der Waals surface area contributed by atoms with Crippen molar-refractivity contribution in [1.82, 2.24) is 25.5 Å². The molecule has 0 fully saturated rings. The van der Waals surface area contributed by atoms with Gasteiger partial charge in [0.25, 0.3) is 0 Å². The van der Waals surface area contributed by atoms with Crippen LogP contribution in [-0.4, -0.2) is 32.7 Å². The molecule has 3 rings (SSSR count). The van der Waals surface area contributed by atoms with Crippen LogP contribution < -0.4 is 5.32 Å². The summed E-state index contributed by atoms with van der Waals surface area (Å²) in [5, 5.41) is 15.2. The predicted molar refractivity (Wildman–Crippen MR) is 95.9 cm³/mol. The van der Waals surface area contributed by atoms with Crippen molar-refractivity contribution in [2.45, 2.75) is 26.3 Å². The van der Waals surface area contributed by atoms with Gasteiger partial charge >= 0.3 is 0 Å². The molecule has 2 aromatic carbocycles. The van der Waals surface area contributed by atoms with Crippen molar-refractivity contribution in [1.29, 1.82) is 0 Å². The number of amides is 1. The Kier molecular flexibility index (Phi) is 5.18. The number of nitrogens with one attached hydrogen (secondary N) is 1. The standard InChI is InChI=1S/C19H21N5O/c1-14-8-6-7-11-17(14)19-21-23-24(22-19)13-18(25)20-12-15(2)16-9-4-3-5-10-16/h3-11,15H,12-13H2,1-2H3,(H,20,25). The van der Waals surface area contributed by atoms with Gasteiger partial charge in [-0.3, -0.25) is 4.79 Å². The van der Waals surface area contributed by atoms with Crippen molar-refractivity contribution >= 4 is 5.91 Å². The molecule has 3 aromatic rings. The first-order valence-electron chi connectivity index (χ1n) is 8.29. The van der Waals surface area contributed by atoms with Crippen LogP contribution in [0, 0.1) is 6.92 Å². The Labute approximate surface area is 146 Å². The van der Waals surface area contributed by atoms with E-state index in [4.69, 9.17) is 0 Å². The van der Waals surface area contributed by atoms with Crippen LogP contribution >= 0.6 is 0 Å².